The highest BCUT2D eigenvalue weighted by atomic mass is 32.1. The Hall–Kier alpha value is -2.05. The van der Waals surface area contributed by atoms with Crippen LogP contribution in [0.15, 0.2) is 47.8 Å². The molecule has 17 heavy (non-hydrogen) atoms. The van der Waals surface area contributed by atoms with Gasteiger partial charge in [-0.15, -0.1) is 11.3 Å². The van der Waals surface area contributed by atoms with Crippen LogP contribution in [-0.4, -0.2) is 5.97 Å². The van der Waals surface area contributed by atoms with E-state index in [2.05, 4.69) is 11.8 Å². The van der Waals surface area contributed by atoms with E-state index < -0.39 is 5.97 Å². The zero-order valence-electron chi connectivity index (χ0n) is 9.05. The second kappa shape index (κ2) is 5.88. The summed E-state index contributed by atoms with van der Waals surface area (Å²) in [6.07, 6.45) is 0. The standard InChI is InChI=1S/C14H10O2S/c15-14(16-11-13-7-4-10-17-13)9-8-12-5-2-1-3-6-12/h1-7,10H,11H2. The van der Waals surface area contributed by atoms with Crippen LogP contribution in [-0.2, 0) is 16.1 Å². The van der Waals surface area contributed by atoms with E-state index >= 15 is 0 Å². The predicted molar refractivity (Wildman–Crippen MR) is 67.4 cm³/mol. The van der Waals surface area contributed by atoms with Gasteiger partial charge in [0, 0.05) is 16.4 Å². The predicted octanol–water partition coefficient (Wildman–Crippen LogP) is 2.84. The lowest BCUT2D eigenvalue weighted by molar-refractivity contribution is -0.137. The number of hydrogen-bond donors (Lipinski definition) is 0. The maximum absolute atomic E-state index is 11.3. The van der Waals surface area contributed by atoms with E-state index in [-0.39, 0.29) is 0 Å². The molecule has 0 spiro atoms. The molecule has 1 heterocycles. The average molecular weight is 242 g/mol. The van der Waals surface area contributed by atoms with Crippen LogP contribution in [0.3, 0.4) is 0 Å². The number of carbonyl (C=O) groups excluding carboxylic acids is 1. The molecule has 0 saturated heterocycles. The van der Waals surface area contributed by atoms with E-state index in [1.807, 2.05) is 47.8 Å². The minimum absolute atomic E-state index is 0.292. The summed E-state index contributed by atoms with van der Waals surface area (Å²) in [6, 6.07) is 13.2. The summed E-state index contributed by atoms with van der Waals surface area (Å²) in [5.41, 5.74) is 0.806. The summed E-state index contributed by atoms with van der Waals surface area (Å²) in [5, 5.41) is 1.94. The first-order valence-corrected chi connectivity index (χ1v) is 5.99. The van der Waals surface area contributed by atoms with E-state index in [1.165, 1.54) is 0 Å². The van der Waals surface area contributed by atoms with Gasteiger partial charge in [0.05, 0.1) is 0 Å². The second-order valence-corrected chi connectivity index (χ2v) is 4.30. The van der Waals surface area contributed by atoms with Gasteiger partial charge in [-0.2, -0.15) is 0 Å². The lowest BCUT2D eigenvalue weighted by Gasteiger charge is -1.96. The van der Waals surface area contributed by atoms with E-state index in [9.17, 15) is 4.79 Å². The quantitative estimate of drug-likeness (QED) is 0.598. The molecule has 3 heteroatoms. The van der Waals surface area contributed by atoms with Gasteiger partial charge < -0.3 is 4.74 Å². The third-order valence-corrected chi connectivity index (χ3v) is 2.86. The highest BCUT2D eigenvalue weighted by Gasteiger charge is 1.98. The van der Waals surface area contributed by atoms with Crippen LogP contribution in [0, 0.1) is 11.8 Å². The topological polar surface area (TPSA) is 26.3 Å². The lowest BCUT2D eigenvalue weighted by atomic mass is 10.2. The fraction of sp³-hybridized carbons (Fsp3) is 0.0714. The van der Waals surface area contributed by atoms with E-state index in [0.29, 0.717) is 6.61 Å². The smallest absolute Gasteiger partial charge is 0.385 e. The number of ether oxygens (including phenoxy) is 1. The number of hydrogen-bond acceptors (Lipinski definition) is 3. The molecular weight excluding hydrogens is 232 g/mol. The minimum Gasteiger partial charge on any atom is -0.450 e. The van der Waals surface area contributed by atoms with Crippen LogP contribution >= 0.6 is 11.3 Å². The molecule has 0 amide bonds. The van der Waals surface area contributed by atoms with Crippen molar-refractivity contribution in [2.75, 3.05) is 0 Å². The van der Waals surface area contributed by atoms with Crippen molar-refractivity contribution in [2.45, 2.75) is 6.61 Å². The first-order valence-electron chi connectivity index (χ1n) is 5.11. The van der Waals surface area contributed by atoms with Crippen molar-refractivity contribution in [2.24, 2.45) is 0 Å². The molecule has 2 nitrogen and oxygen atoms in total. The van der Waals surface area contributed by atoms with E-state index in [4.69, 9.17) is 4.74 Å². The third kappa shape index (κ3) is 3.78. The van der Waals surface area contributed by atoms with Crippen molar-refractivity contribution in [3.8, 4) is 11.8 Å². The lowest BCUT2D eigenvalue weighted by Crippen LogP contribution is -2.00. The Bertz CT molecular complexity index is 533. The van der Waals surface area contributed by atoms with Gasteiger partial charge in [-0.05, 0) is 23.6 Å². The summed E-state index contributed by atoms with van der Waals surface area (Å²) >= 11 is 1.55. The molecule has 0 unspecified atom stereocenters. The van der Waals surface area contributed by atoms with E-state index in [1.54, 1.807) is 11.3 Å². The molecule has 0 aliphatic rings. The highest BCUT2D eigenvalue weighted by Crippen LogP contribution is 2.09. The van der Waals surface area contributed by atoms with Crippen LogP contribution in [0.25, 0.3) is 0 Å². The number of rotatable bonds is 2. The van der Waals surface area contributed by atoms with Gasteiger partial charge >= 0.3 is 5.97 Å². The summed E-state index contributed by atoms with van der Waals surface area (Å²) in [4.78, 5) is 12.3. The van der Waals surface area contributed by atoms with Crippen molar-refractivity contribution in [3.05, 3.63) is 58.3 Å². The van der Waals surface area contributed by atoms with Crippen LogP contribution in [0.5, 0.6) is 0 Å². The van der Waals surface area contributed by atoms with Crippen molar-refractivity contribution < 1.29 is 9.53 Å². The molecule has 1 aromatic carbocycles. The summed E-state index contributed by atoms with van der Waals surface area (Å²) in [7, 11) is 0. The number of thiophene rings is 1. The third-order valence-electron chi connectivity index (χ3n) is 2.01. The Morgan fingerprint density at radius 1 is 1.18 bits per heavy atom. The zero-order chi connectivity index (χ0) is 11.9. The van der Waals surface area contributed by atoms with Crippen LogP contribution < -0.4 is 0 Å². The Morgan fingerprint density at radius 2 is 2.00 bits per heavy atom. The fourth-order valence-electron chi connectivity index (χ4n) is 1.21. The van der Waals surface area contributed by atoms with Gasteiger partial charge in [0.2, 0.25) is 0 Å². The van der Waals surface area contributed by atoms with Gasteiger partial charge in [-0.3, -0.25) is 0 Å². The monoisotopic (exact) mass is 242 g/mol. The minimum atomic E-state index is -0.498. The fourth-order valence-corrected chi connectivity index (χ4v) is 1.83. The first-order chi connectivity index (χ1) is 8.34. The molecular formula is C14H10O2S. The molecule has 0 aliphatic carbocycles. The summed E-state index contributed by atoms with van der Waals surface area (Å²) in [6.45, 7) is 0.292. The largest absolute Gasteiger partial charge is 0.450 e. The van der Waals surface area contributed by atoms with Crippen LogP contribution in [0.4, 0.5) is 0 Å². The summed E-state index contributed by atoms with van der Waals surface area (Å²) in [5.74, 6) is 4.71. The second-order valence-electron chi connectivity index (χ2n) is 3.27. The molecule has 84 valence electrons. The maximum atomic E-state index is 11.3. The van der Waals surface area contributed by atoms with Crippen LogP contribution in [0.1, 0.15) is 10.4 Å². The highest BCUT2D eigenvalue weighted by molar-refractivity contribution is 7.09. The van der Waals surface area contributed by atoms with Gasteiger partial charge in [0.15, 0.2) is 0 Å². The van der Waals surface area contributed by atoms with E-state index in [0.717, 1.165) is 10.4 Å². The van der Waals surface area contributed by atoms with Gasteiger partial charge in [0.1, 0.15) is 6.61 Å². The molecule has 0 N–H and O–H groups in total. The van der Waals surface area contributed by atoms with Gasteiger partial charge in [0.25, 0.3) is 0 Å². The van der Waals surface area contributed by atoms with Crippen molar-refractivity contribution >= 4 is 17.3 Å². The van der Waals surface area contributed by atoms with Crippen LogP contribution in [0.2, 0.25) is 0 Å². The maximum Gasteiger partial charge on any atom is 0.385 e. The Morgan fingerprint density at radius 3 is 2.71 bits per heavy atom. The molecule has 2 rings (SSSR count). The molecule has 0 fully saturated rings. The van der Waals surface area contributed by atoms with Gasteiger partial charge in [-0.1, -0.05) is 30.2 Å². The zero-order valence-corrected chi connectivity index (χ0v) is 9.87. The van der Waals surface area contributed by atoms with Gasteiger partial charge in [-0.25, -0.2) is 4.79 Å². The average Bonchev–Trinajstić information content (AvgIpc) is 2.88. The summed E-state index contributed by atoms with van der Waals surface area (Å²) < 4.78 is 5.01. The Labute approximate surface area is 104 Å². The normalized spacial score (nSPS) is 9.18. The molecule has 2 aromatic rings. The Kier molecular flexibility index (Phi) is 3.95. The molecule has 0 bridgehead atoms. The SMILES string of the molecule is O=C(C#Cc1ccccc1)OCc1cccs1. The molecule has 0 saturated carbocycles. The number of benzene rings is 1. The van der Waals surface area contributed by atoms with Crippen molar-refractivity contribution in [1.82, 2.24) is 0 Å². The van der Waals surface area contributed by atoms with Crippen molar-refractivity contribution in [1.29, 1.82) is 0 Å². The van der Waals surface area contributed by atoms with Crippen molar-refractivity contribution in [3.63, 3.8) is 0 Å². The molecule has 0 atom stereocenters. The first kappa shape index (κ1) is 11.4. The molecule has 0 aliphatic heterocycles. The Balaban J connectivity index is 1.88. The molecule has 1 aromatic heterocycles. The number of esters is 1. The number of carbonyl (C=O) groups is 1. The molecule has 0 radical (unpaired) electrons.